The van der Waals surface area contributed by atoms with Crippen molar-refractivity contribution in [3.05, 3.63) is 0 Å². The second kappa shape index (κ2) is 13.5. The lowest BCUT2D eigenvalue weighted by atomic mass is 9.96. The first-order valence-corrected chi connectivity index (χ1v) is 9.89. The van der Waals surface area contributed by atoms with Gasteiger partial charge in [0.15, 0.2) is 0 Å². The Morgan fingerprint density at radius 1 is 0.857 bits per heavy atom. The Kier molecular flexibility index (Phi) is 13.4. The van der Waals surface area contributed by atoms with Gasteiger partial charge in [0.2, 0.25) is 10.4 Å². The molecule has 0 saturated heterocycles. The van der Waals surface area contributed by atoms with Crippen LogP contribution >= 0.6 is 0 Å². The smallest absolute Gasteiger partial charge is 0.217 e. The topological polar surface area (TPSA) is 66.4 Å². The van der Waals surface area contributed by atoms with E-state index in [1.165, 1.54) is 57.8 Å². The normalized spacial score (nSPS) is 13.5. The highest BCUT2D eigenvalue weighted by Crippen LogP contribution is 2.18. The van der Waals surface area contributed by atoms with Crippen LogP contribution in [-0.4, -0.2) is 19.6 Å². The number of unbranched alkanes of at least 4 members (excludes halogenated alkanes) is 8. The van der Waals surface area contributed by atoms with Crippen LogP contribution in [0.25, 0.3) is 0 Å². The molecule has 0 aliphatic heterocycles. The van der Waals surface area contributed by atoms with Gasteiger partial charge in [-0.1, -0.05) is 84.5 Å². The third-order valence-corrected chi connectivity index (χ3v) is 4.32. The first-order chi connectivity index (χ1) is 9.95. The first-order valence-electron chi connectivity index (χ1n) is 8.56. The van der Waals surface area contributed by atoms with Crippen LogP contribution in [0.1, 0.15) is 90.9 Å². The van der Waals surface area contributed by atoms with Crippen molar-refractivity contribution in [1.29, 1.82) is 0 Å². The van der Waals surface area contributed by atoms with E-state index in [2.05, 4.69) is 18.0 Å². The molecular weight excluding hydrogens is 288 g/mol. The standard InChI is InChI=1S/C16H34O4S/c1-3-4-5-7-10-13-16(2)14-11-8-6-9-12-15-20-21(17,18)19/h16H,3-15H2,1-2H3,(H,17,18,19)/p-1. The summed E-state index contributed by atoms with van der Waals surface area (Å²) >= 11 is 0. The van der Waals surface area contributed by atoms with Crippen molar-refractivity contribution in [1.82, 2.24) is 0 Å². The number of hydrogen-bond donors (Lipinski definition) is 0. The fourth-order valence-electron chi connectivity index (χ4n) is 2.53. The molecule has 0 aliphatic rings. The minimum Gasteiger partial charge on any atom is -0.726 e. The van der Waals surface area contributed by atoms with Crippen LogP contribution in [0.5, 0.6) is 0 Å². The van der Waals surface area contributed by atoms with E-state index in [0.29, 0.717) is 6.42 Å². The summed E-state index contributed by atoms with van der Waals surface area (Å²) in [6.45, 7) is 4.61. The molecule has 0 bridgehead atoms. The second-order valence-corrected chi connectivity index (χ2v) is 7.15. The van der Waals surface area contributed by atoms with Gasteiger partial charge in [-0.15, -0.1) is 0 Å². The predicted octanol–water partition coefficient (Wildman–Crippen LogP) is 4.80. The molecule has 0 heterocycles. The van der Waals surface area contributed by atoms with E-state index in [9.17, 15) is 13.0 Å². The van der Waals surface area contributed by atoms with Crippen LogP contribution < -0.4 is 0 Å². The maximum Gasteiger partial charge on any atom is 0.217 e. The van der Waals surface area contributed by atoms with Gasteiger partial charge in [0.05, 0.1) is 6.61 Å². The molecule has 0 N–H and O–H groups in total. The third kappa shape index (κ3) is 17.8. The molecule has 0 aromatic rings. The largest absolute Gasteiger partial charge is 0.726 e. The molecule has 1 atom stereocenters. The van der Waals surface area contributed by atoms with E-state index in [1.54, 1.807) is 0 Å². The maximum atomic E-state index is 10.2. The van der Waals surface area contributed by atoms with Crippen LogP contribution in [0.15, 0.2) is 0 Å². The summed E-state index contributed by atoms with van der Waals surface area (Å²) in [5.41, 5.74) is 0. The van der Waals surface area contributed by atoms with Crippen molar-refractivity contribution in [3.8, 4) is 0 Å². The van der Waals surface area contributed by atoms with Gasteiger partial charge in [0, 0.05) is 0 Å². The summed E-state index contributed by atoms with van der Waals surface area (Å²) in [6, 6.07) is 0. The van der Waals surface area contributed by atoms with E-state index in [0.717, 1.165) is 18.8 Å². The van der Waals surface area contributed by atoms with Crippen molar-refractivity contribution < 1.29 is 17.2 Å². The molecule has 0 saturated carbocycles. The van der Waals surface area contributed by atoms with Crippen molar-refractivity contribution in [2.75, 3.05) is 6.61 Å². The minimum atomic E-state index is -4.50. The van der Waals surface area contributed by atoms with Crippen molar-refractivity contribution in [2.24, 2.45) is 5.92 Å². The van der Waals surface area contributed by atoms with Crippen LogP contribution in [-0.2, 0) is 14.6 Å². The molecule has 0 aliphatic carbocycles. The van der Waals surface area contributed by atoms with Gasteiger partial charge in [-0.25, -0.2) is 8.42 Å². The van der Waals surface area contributed by atoms with Crippen LogP contribution in [0.3, 0.4) is 0 Å². The second-order valence-electron chi connectivity index (χ2n) is 6.09. The highest BCUT2D eigenvalue weighted by Gasteiger charge is 2.02. The highest BCUT2D eigenvalue weighted by molar-refractivity contribution is 7.80. The lowest BCUT2D eigenvalue weighted by Gasteiger charge is -2.11. The molecule has 0 aromatic heterocycles. The Morgan fingerprint density at radius 2 is 1.33 bits per heavy atom. The van der Waals surface area contributed by atoms with Crippen LogP contribution in [0.2, 0.25) is 0 Å². The third-order valence-electron chi connectivity index (χ3n) is 3.87. The van der Waals surface area contributed by atoms with Gasteiger partial charge in [0.25, 0.3) is 0 Å². The lowest BCUT2D eigenvalue weighted by Crippen LogP contribution is -2.05. The quantitative estimate of drug-likeness (QED) is 0.247. The van der Waals surface area contributed by atoms with Gasteiger partial charge in [0.1, 0.15) is 0 Å². The number of rotatable bonds is 15. The maximum absolute atomic E-state index is 10.2. The molecule has 0 fully saturated rings. The molecule has 0 amide bonds. The summed E-state index contributed by atoms with van der Waals surface area (Å²) in [5.74, 6) is 0.820. The van der Waals surface area contributed by atoms with Crippen molar-refractivity contribution in [2.45, 2.75) is 90.9 Å². The Labute approximate surface area is 131 Å². The Bertz CT molecular complexity index is 314. The Hall–Kier alpha value is -0.130. The van der Waals surface area contributed by atoms with E-state index in [4.69, 9.17) is 0 Å². The van der Waals surface area contributed by atoms with Gasteiger partial charge < -0.3 is 4.55 Å². The molecule has 128 valence electrons. The lowest BCUT2D eigenvalue weighted by molar-refractivity contribution is 0.255. The van der Waals surface area contributed by atoms with Crippen molar-refractivity contribution >= 4 is 10.4 Å². The van der Waals surface area contributed by atoms with E-state index >= 15 is 0 Å². The fourth-order valence-corrected chi connectivity index (χ4v) is 2.85. The summed E-state index contributed by atoms with van der Waals surface area (Å²) in [4.78, 5) is 0. The molecule has 4 nitrogen and oxygen atoms in total. The molecule has 0 radical (unpaired) electrons. The molecule has 21 heavy (non-hydrogen) atoms. The molecule has 0 spiro atoms. The highest BCUT2D eigenvalue weighted by atomic mass is 32.3. The Morgan fingerprint density at radius 3 is 1.86 bits per heavy atom. The molecule has 1 unspecified atom stereocenters. The summed E-state index contributed by atoms with van der Waals surface area (Å²) in [7, 11) is -4.50. The molecular formula is C16H33O4S-. The Balaban J connectivity index is 3.23. The average molecular weight is 322 g/mol. The van der Waals surface area contributed by atoms with Gasteiger partial charge >= 0.3 is 0 Å². The van der Waals surface area contributed by atoms with Crippen LogP contribution in [0, 0.1) is 5.92 Å². The zero-order valence-corrected chi connectivity index (χ0v) is 14.6. The predicted molar refractivity (Wildman–Crippen MR) is 85.9 cm³/mol. The fraction of sp³-hybridized carbons (Fsp3) is 1.00. The summed E-state index contributed by atoms with van der Waals surface area (Å²) < 4.78 is 34.8. The molecule has 0 aromatic carbocycles. The minimum absolute atomic E-state index is 0.0278. The SMILES string of the molecule is CCCCCCCC(C)CCCCCCCOS(=O)(=O)[O-]. The summed E-state index contributed by atoms with van der Waals surface area (Å²) in [6.07, 6.45) is 14.5. The molecule has 0 rings (SSSR count). The van der Waals surface area contributed by atoms with Gasteiger partial charge in [-0.2, -0.15) is 0 Å². The zero-order valence-electron chi connectivity index (χ0n) is 13.8. The van der Waals surface area contributed by atoms with Crippen molar-refractivity contribution in [3.63, 3.8) is 0 Å². The summed E-state index contributed by atoms with van der Waals surface area (Å²) in [5, 5.41) is 0. The molecule has 5 heteroatoms. The van der Waals surface area contributed by atoms with E-state index in [-0.39, 0.29) is 6.61 Å². The van der Waals surface area contributed by atoms with Gasteiger partial charge in [-0.05, 0) is 12.3 Å². The number of hydrogen-bond acceptors (Lipinski definition) is 4. The zero-order chi connectivity index (χ0) is 16.0. The monoisotopic (exact) mass is 321 g/mol. The van der Waals surface area contributed by atoms with Crippen LogP contribution in [0.4, 0.5) is 0 Å². The van der Waals surface area contributed by atoms with Gasteiger partial charge in [-0.3, -0.25) is 4.18 Å². The van der Waals surface area contributed by atoms with E-state index in [1.807, 2.05) is 0 Å². The van der Waals surface area contributed by atoms with E-state index < -0.39 is 10.4 Å². The first kappa shape index (κ1) is 20.9. The average Bonchev–Trinajstić information content (AvgIpc) is 2.40.